The van der Waals surface area contributed by atoms with E-state index in [-0.39, 0.29) is 62.0 Å². The topological polar surface area (TPSA) is 13.1 Å². The van der Waals surface area contributed by atoms with Gasteiger partial charge in [-0.1, -0.05) is 170 Å². The van der Waals surface area contributed by atoms with Crippen LogP contribution in [0.5, 0.6) is 0 Å². The van der Waals surface area contributed by atoms with Crippen molar-refractivity contribution in [2.24, 2.45) is 0 Å². The molecule has 0 saturated heterocycles. The van der Waals surface area contributed by atoms with E-state index in [4.69, 9.17) is 20.9 Å². The molecule has 49 heavy (non-hydrogen) atoms. The van der Waals surface area contributed by atoms with Crippen LogP contribution in [0.25, 0.3) is 98.8 Å². The summed E-state index contributed by atoms with van der Waals surface area (Å²) in [6.07, 6.45) is 0. The second kappa shape index (κ2) is 11.1. The Bertz CT molecular complexity index is 3580. The van der Waals surface area contributed by atoms with E-state index in [1.807, 2.05) is 84.9 Å². The minimum absolute atomic E-state index is 0.000766. The van der Waals surface area contributed by atoms with Crippen LogP contribution in [0.2, 0.25) is 0 Å². The molecule has 0 saturated carbocycles. The zero-order valence-corrected chi connectivity index (χ0v) is 25.6. The molecule has 0 fully saturated rings. The van der Waals surface area contributed by atoms with Gasteiger partial charge >= 0.3 is 0 Å². The first-order valence-corrected chi connectivity index (χ1v) is 15.7. The van der Waals surface area contributed by atoms with Crippen molar-refractivity contribution in [3.8, 4) is 44.5 Å². The molecule has 0 radical (unpaired) electrons. The minimum Gasteiger partial charge on any atom is -0.455 e. The van der Waals surface area contributed by atoms with Gasteiger partial charge in [-0.3, -0.25) is 0 Å². The molecule has 0 aliphatic carbocycles. The van der Waals surface area contributed by atoms with Crippen molar-refractivity contribution in [3.05, 3.63) is 182 Å². The van der Waals surface area contributed by atoms with E-state index in [2.05, 4.69) is 0 Å². The second-order valence-electron chi connectivity index (χ2n) is 11.7. The summed E-state index contributed by atoms with van der Waals surface area (Å²) in [4.78, 5) is 0. The Morgan fingerprint density at radius 3 is 1.67 bits per heavy atom. The van der Waals surface area contributed by atoms with Crippen molar-refractivity contribution in [1.82, 2.24) is 0 Å². The van der Waals surface area contributed by atoms with Crippen LogP contribution in [-0.4, -0.2) is 0 Å². The second-order valence-corrected chi connectivity index (χ2v) is 11.7. The third-order valence-corrected chi connectivity index (χ3v) is 9.11. The van der Waals surface area contributed by atoms with E-state index in [9.17, 15) is 2.74 Å². The smallest absolute Gasteiger partial charge is 0.143 e. The van der Waals surface area contributed by atoms with Crippen LogP contribution in [0.1, 0.15) is 19.2 Å². The molecule has 0 bridgehead atoms. The fraction of sp³-hybridized carbons (Fsp3) is 0. The van der Waals surface area contributed by atoms with Gasteiger partial charge in [0.25, 0.3) is 0 Å². The zero-order chi connectivity index (χ0) is 44.5. The van der Waals surface area contributed by atoms with Gasteiger partial charge in [-0.25, -0.2) is 0 Å². The van der Waals surface area contributed by atoms with Crippen molar-refractivity contribution < 1.29 is 23.6 Å². The molecule has 0 amide bonds. The molecular weight excluding hydrogens is 593 g/mol. The Morgan fingerprint density at radius 1 is 0.367 bits per heavy atom. The summed E-state index contributed by atoms with van der Waals surface area (Å²) in [6.45, 7) is 0. The van der Waals surface area contributed by atoms with Crippen LogP contribution in [0, 0.1) is 0 Å². The molecule has 1 heteroatoms. The van der Waals surface area contributed by atoms with E-state index < -0.39 is 66.5 Å². The third-order valence-electron chi connectivity index (χ3n) is 9.11. The molecule has 10 rings (SSSR count). The number of fused-ring (bicyclic) bond motifs is 7. The lowest BCUT2D eigenvalue weighted by Crippen LogP contribution is -1.93. The number of benzene rings is 9. The van der Waals surface area contributed by atoms with E-state index in [0.717, 1.165) is 33.0 Å². The third kappa shape index (κ3) is 4.33. The largest absolute Gasteiger partial charge is 0.455 e. The molecule has 228 valence electrons. The van der Waals surface area contributed by atoms with E-state index in [0.29, 0.717) is 21.9 Å². The molecule has 0 unspecified atom stereocenters. The first-order valence-electron chi connectivity index (χ1n) is 22.7. The molecule has 0 atom stereocenters. The maximum atomic E-state index is 9.52. The van der Waals surface area contributed by atoms with E-state index in [1.54, 1.807) is 12.1 Å². The zero-order valence-electron chi connectivity index (χ0n) is 39.6. The molecule has 1 heterocycles. The molecule has 0 aliphatic heterocycles. The summed E-state index contributed by atoms with van der Waals surface area (Å²) in [5.41, 5.74) is 4.28. The lowest BCUT2D eigenvalue weighted by Gasteiger charge is -2.20. The molecule has 1 aromatic heterocycles. The van der Waals surface area contributed by atoms with Crippen LogP contribution in [0.4, 0.5) is 0 Å². The van der Waals surface area contributed by atoms with Gasteiger partial charge in [0.05, 0.1) is 19.2 Å². The Hall–Kier alpha value is -6.44. The molecule has 0 aliphatic rings. The van der Waals surface area contributed by atoms with Crippen molar-refractivity contribution in [2.45, 2.75) is 0 Å². The maximum absolute atomic E-state index is 9.52. The normalized spacial score (nSPS) is 15.7. The highest BCUT2D eigenvalue weighted by Gasteiger charge is 2.22. The van der Waals surface area contributed by atoms with Gasteiger partial charge in [0, 0.05) is 16.2 Å². The summed E-state index contributed by atoms with van der Waals surface area (Å²) >= 11 is 0. The Balaban J connectivity index is 1.28. The van der Waals surface area contributed by atoms with E-state index >= 15 is 0 Å². The highest BCUT2D eigenvalue weighted by atomic mass is 16.3. The summed E-state index contributed by atoms with van der Waals surface area (Å²) in [6, 6.07) is 24.1. The Morgan fingerprint density at radius 2 is 0.959 bits per heavy atom. The highest BCUT2D eigenvalue weighted by Crippen LogP contribution is 2.48. The average molecular weight is 637 g/mol. The molecule has 0 spiro atoms. The molecule has 10 aromatic rings. The lowest BCUT2D eigenvalue weighted by molar-refractivity contribution is 0.673. The average Bonchev–Trinajstić information content (AvgIpc) is 3.69. The predicted molar refractivity (Wildman–Crippen MR) is 208 cm³/mol. The van der Waals surface area contributed by atoms with Crippen LogP contribution in [0.3, 0.4) is 0 Å². The first kappa shape index (κ1) is 17.1. The fourth-order valence-electron chi connectivity index (χ4n) is 7.01. The number of hydrogen-bond acceptors (Lipinski definition) is 1. The van der Waals surface area contributed by atoms with Crippen molar-refractivity contribution >= 4 is 54.3 Å². The summed E-state index contributed by atoms with van der Waals surface area (Å²) in [5, 5.41) is 2.65. The standard InChI is InChI=1S/C48H30O/c1-2-13-31(14-3-1)32-25-27-34(28-26-32)35-16-6-7-18-37(35)45-38-19-8-10-21-40(38)46(41-22-11-9-20-39(41)45)42-23-12-24-44-47(42)43-30-29-33-15-4-5-17-36(33)48(43)49-44/h1-30H/i1D,2D,3D,4D,5D,12D,13D,14D,15D,17D,23D,24D,29D,30D. The van der Waals surface area contributed by atoms with Crippen LogP contribution in [0.15, 0.2) is 186 Å². The molecule has 1 nitrogen and oxygen atoms in total. The fourth-order valence-corrected chi connectivity index (χ4v) is 7.01. The monoisotopic (exact) mass is 636 g/mol. The van der Waals surface area contributed by atoms with Crippen LogP contribution < -0.4 is 0 Å². The quantitative estimate of drug-likeness (QED) is 0.175. The highest BCUT2D eigenvalue weighted by molar-refractivity contribution is 6.27. The van der Waals surface area contributed by atoms with Gasteiger partial charge in [0.2, 0.25) is 0 Å². The molecule has 0 N–H and O–H groups in total. The number of hydrogen-bond donors (Lipinski definition) is 0. The number of furan rings is 1. The van der Waals surface area contributed by atoms with Gasteiger partial charge in [0.15, 0.2) is 0 Å². The van der Waals surface area contributed by atoms with Gasteiger partial charge in [0.1, 0.15) is 11.2 Å². The minimum atomic E-state index is -0.565. The SMILES string of the molecule is [2H]c1c([2H])c([2H])c(-c2ccc(-c3ccccc3-c3c4ccccc4c(-c4c([2H])c([2H])c([2H])c5oc6c7c([2H])c([2H])c([2H])c([2H])c7c([2H])c([2H])c6c45)c4ccccc34)cc2)c([2H])c1[2H]. The lowest BCUT2D eigenvalue weighted by atomic mass is 9.83. The van der Waals surface area contributed by atoms with Gasteiger partial charge in [-0.15, -0.1) is 0 Å². The van der Waals surface area contributed by atoms with Crippen molar-refractivity contribution in [3.63, 3.8) is 0 Å². The van der Waals surface area contributed by atoms with Gasteiger partial charge in [-0.05, 0) is 83.5 Å². The molecular formula is C48H30O. The van der Waals surface area contributed by atoms with Gasteiger partial charge in [-0.2, -0.15) is 0 Å². The van der Waals surface area contributed by atoms with Crippen molar-refractivity contribution in [2.75, 3.05) is 0 Å². The van der Waals surface area contributed by atoms with Gasteiger partial charge < -0.3 is 4.42 Å². The Kier molecular flexibility index (Phi) is 3.87. The van der Waals surface area contributed by atoms with Crippen LogP contribution in [-0.2, 0) is 0 Å². The van der Waals surface area contributed by atoms with E-state index in [1.165, 1.54) is 0 Å². The molecule has 9 aromatic carbocycles. The van der Waals surface area contributed by atoms with Crippen molar-refractivity contribution in [1.29, 1.82) is 0 Å². The Labute approximate surface area is 304 Å². The first-order chi connectivity index (χ1) is 30.1. The predicted octanol–water partition coefficient (Wildman–Crippen LogP) is 13.7. The number of rotatable bonds is 4. The van der Waals surface area contributed by atoms with Crippen LogP contribution >= 0.6 is 0 Å². The maximum Gasteiger partial charge on any atom is 0.143 e. The summed E-state index contributed by atoms with van der Waals surface area (Å²) < 4.78 is 128. The summed E-state index contributed by atoms with van der Waals surface area (Å²) in [7, 11) is 0. The summed E-state index contributed by atoms with van der Waals surface area (Å²) in [5.74, 6) is 0.